The van der Waals surface area contributed by atoms with E-state index in [1.165, 1.54) is 122 Å². The number of carbonyl (C=O) groups is 1. The number of rotatable bonds is 43. The Balaban J connectivity index is 2.53. The third-order valence-corrected chi connectivity index (χ3v) is 12.5. The van der Waals surface area contributed by atoms with E-state index in [0.717, 1.165) is 64.2 Å². The molecular weight excluding hydrogens is 827 g/mol. The van der Waals surface area contributed by atoms with E-state index < -0.39 is 78.5 Å². The van der Waals surface area contributed by atoms with Gasteiger partial charge in [0.05, 0.1) is 25.4 Å². The molecule has 1 aliphatic rings. The fourth-order valence-corrected chi connectivity index (χ4v) is 8.55. The first kappa shape index (κ1) is 59.6. The Labute approximate surface area is 383 Å². The molecule has 8 unspecified atom stereocenters. The van der Waals surface area contributed by atoms with Gasteiger partial charge >= 0.3 is 10.4 Å². The maximum atomic E-state index is 13.1. The van der Waals surface area contributed by atoms with Gasteiger partial charge in [-0.1, -0.05) is 199 Å². The minimum atomic E-state index is -5.12. The fourth-order valence-electron chi connectivity index (χ4n) is 8.04. The van der Waals surface area contributed by atoms with E-state index in [9.17, 15) is 43.3 Å². The highest BCUT2D eigenvalue weighted by Crippen LogP contribution is 2.26. The van der Waals surface area contributed by atoms with E-state index in [0.29, 0.717) is 12.8 Å². The van der Waals surface area contributed by atoms with Crippen LogP contribution < -0.4 is 5.32 Å². The maximum absolute atomic E-state index is 13.1. The van der Waals surface area contributed by atoms with Crippen LogP contribution in [-0.2, 0) is 28.9 Å². The minimum Gasteiger partial charge on any atom is -0.394 e. The van der Waals surface area contributed by atoms with Crippen molar-refractivity contribution < 1.29 is 57.0 Å². The largest absolute Gasteiger partial charge is 0.397 e. The highest BCUT2D eigenvalue weighted by atomic mass is 32.3. The Morgan fingerprint density at radius 1 is 0.635 bits per heavy atom. The van der Waals surface area contributed by atoms with Crippen molar-refractivity contribution in [1.82, 2.24) is 5.32 Å². The molecule has 1 heterocycles. The Morgan fingerprint density at radius 2 is 1.05 bits per heavy atom. The lowest BCUT2D eigenvalue weighted by molar-refractivity contribution is -0.298. The van der Waals surface area contributed by atoms with Gasteiger partial charge in [0.1, 0.15) is 30.5 Å². The third kappa shape index (κ3) is 32.0. The van der Waals surface area contributed by atoms with Crippen LogP contribution in [0.15, 0.2) is 24.3 Å². The van der Waals surface area contributed by atoms with Gasteiger partial charge in [-0.15, -0.1) is 0 Å². The predicted octanol–water partition coefficient (Wildman–Crippen LogP) is 9.47. The predicted molar refractivity (Wildman–Crippen MR) is 251 cm³/mol. The lowest BCUT2D eigenvalue weighted by Crippen LogP contribution is -2.61. The van der Waals surface area contributed by atoms with Crippen molar-refractivity contribution in [1.29, 1.82) is 0 Å². The van der Waals surface area contributed by atoms with Crippen molar-refractivity contribution in [2.45, 2.75) is 268 Å². The molecule has 1 amide bonds. The highest BCUT2D eigenvalue weighted by molar-refractivity contribution is 7.80. The monoisotopic (exact) mass is 920 g/mol. The van der Waals surface area contributed by atoms with Gasteiger partial charge in [0, 0.05) is 0 Å². The van der Waals surface area contributed by atoms with Crippen LogP contribution in [0.5, 0.6) is 0 Å². The number of hydrogen-bond donors (Lipinski definition) is 7. The van der Waals surface area contributed by atoms with Crippen molar-refractivity contribution in [3.63, 3.8) is 0 Å². The molecule has 0 bridgehead atoms. The van der Waals surface area contributed by atoms with E-state index in [1.807, 2.05) is 6.08 Å². The lowest BCUT2D eigenvalue weighted by Gasteiger charge is -2.41. The summed E-state index contributed by atoms with van der Waals surface area (Å²) in [7, 11) is -5.12. The van der Waals surface area contributed by atoms with Crippen molar-refractivity contribution in [3.8, 4) is 0 Å². The summed E-state index contributed by atoms with van der Waals surface area (Å²) in [6.07, 6.45) is 34.0. The van der Waals surface area contributed by atoms with Crippen LogP contribution >= 0.6 is 0 Å². The second-order valence-electron chi connectivity index (χ2n) is 17.9. The molecule has 1 fully saturated rings. The Hall–Kier alpha value is -1.46. The van der Waals surface area contributed by atoms with Crippen molar-refractivity contribution in [3.05, 3.63) is 24.3 Å². The third-order valence-electron chi connectivity index (χ3n) is 12.1. The molecule has 0 spiro atoms. The number of aliphatic hydroxyl groups is 5. The average molecular weight is 920 g/mol. The normalized spacial score (nSPS) is 21.0. The number of carbonyl (C=O) groups excluding carboxylic acids is 1. The summed E-state index contributed by atoms with van der Waals surface area (Å²) in [6, 6.07) is -1.12. The molecule has 1 aliphatic heterocycles. The molecular formula is C49H93NO12S. The van der Waals surface area contributed by atoms with Gasteiger partial charge in [-0.25, -0.2) is 4.18 Å². The summed E-state index contributed by atoms with van der Waals surface area (Å²) < 4.78 is 47.6. The fraction of sp³-hybridized carbons (Fsp3) is 0.898. The number of aliphatic hydroxyl groups excluding tert-OH is 5. The van der Waals surface area contributed by atoms with Crippen LogP contribution in [0.25, 0.3) is 0 Å². The van der Waals surface area contributed by atoms with E-state index in [2.05, 4.69) is 35.5 Å². The van der Waals surface area contributed by atoms with E-state index >= 15 is 0 Å². The Kier molecular flexibility index (Phi) is 37.5. The number of nitrogens with one attached hydrogen (secondary N) is 1. The summed E-state index contributed by atoms with van der Waals surface area (Å²) in [4.78, 5) is 13.1. The summed E-state index contributed by atoms with van der Waals surface area (Å²) >= 11 is 0. The molecule has 372 valence electrons. The van der Waals surface area contributed by atoms with Gasteiger partial charge in [0.2, 0.25) is 5.91 Å². The number of allylic oxidation sites excluding steroid dienone is 3. The molecule has 14 heteroatoms. The smallest absolute Gasteiger partial charge is 0.394 e. The quantitative estimate of drug-likeness (QED) is 0.0173. The number of hydrogen-bond acceptors (Lipinski definition) is 11. The molecule has 7 N–H and O–H groups in total. The second kappa shape index (κ2) is 39.7. The first-order valence-electron chi connectivity index (χ1n) is 25.3. The summed E-state index contributed by atoms with van der Waals surface area (Å²) in [6.45, 7) is 3.22. The topological polar surface area (TPSA) is 212 Å². The van der Waals surface area contributed by atoms with Crippen LogP contribution in [0.4, 0.5) is 0 Å². The van der Waals surface area contributed by atoms with Crippen molar-refractivity contribution in [2.24, 2.45) is 0 Å². The first-order valence-corrected chi connectivity index (χ1v) is 26.7. The lowest BCUT2D eigenvalue weighted by atomic mass is 9.99. The molecule has 1 rings (SSSR count). The zero-order valence-electron chi connectivity index (χ0n) is 39.5. The molecule has 13 nitrogen and oxygen atoms in total. The van der Waals surface area contributed by atoms with Gasteiger partial charge in [0.15, 0.2) is 6.29 Å². The Bertz CT molecular complexity index is 1240. The molecule has 1 saturated heterocycles. The van der Waals surface area contributed by atoms with Crippen LogP contribution in [0.2, 0.25) is 0 Å². The Morgan fingerprint density at radius 3 is 1.49 bits per heavy atom. The summed E-state index contributed by atoms with van der Waals surface area (Å²) in [5.41, 5.74) is 0. The van der Waals surface area contributed by atoms with Crippen LogP contribution in [0, 0.1) is 0 Å². The standard InChI is InChI=1S/C49H93NO12S/c1-3-5-7-9-11-13-15-17-19-20-21-22-23-24-26-27-29-31-33-35-37-42(52)41(40-60-49-46(55)47(62-63(57,58)59)45(54)44(39-51)61-49)50-48(56)43(53)38-36-34-32-30-28-25-18-16-14-12-10-8-6-4-2/h14,16,35,37,41-47,49,51-55H,3-13,15,17-34,36,38-40H2,1-2H3,(H,50,56)(H,57,58,59)/b16-14-,37-35+. The molecule has 0 aromatic carbocycles. The van der Waals surface area contributed by atoms with Gasteiger partial charge in [-0.05, 0) is 44.9 Å². The molecule has 8 atom stereocenters. The molecule has 0 saturated carbocycles. The average Bonchev–Trinajstić information content (AvgIpc) is 3.25. The van der Waals surface area contributed by atoms with Crippen molar-refractivity contribution in [2.75, 3.05) is 13.2 Å². The molecule has 0 aliphatic carbocycles. The SMILES string of the molecule is CCCCCC/C=C\CCCCCCCCC(O)C(=O)NC(COC1OC(CO)C(O)C(OS(=O)(=O)O)C1O)C(O)/C=C/CCCCCCCCCCCCCCCCCCCC. The highest BCUT2D eigenvalue weighted by Gasteiger charge is 2.48. The van der Waals surface area contributed by atoms with Crippen molar-refractivity contribution >= 4 is 16.3 Å². The van der Waals surface area contributed by atoms with Crippen LogP contribution in [-0.4, -0.2) is 107 Å². The molecule has 0 aromatic rings. The number of unbranched alkanes of at least 4 members (excludes halogenated alkanes) is 28. The van der Waals surface area contributed by atoms with Gasteiger partial charge in [0.25, 0.3) is 0 Å². The zero-order chi connectivity index (χ0) is 46.4. The van der Waals surface area contributed by atoms with E-state index in [4.69, 9.17) is 9.47 Å². The van der Waals surface area contributed by atoms with Crippen LogP contribution in [0.3, 0.4) is 0 Å². The van der Waals surface area contributed by atoms with Crippen LogP contribution in [0.1, 0.15) is 219 Å². The number of ether oxygens (including phenoxy) is 2. The number of amides is 1. The zero-order valence-corrected chi connectivity index (χ0v) is 40.3. The van der Waals surface area contributed by atoms with Gasteiger partial charge < -0.3 is 40.3 Å². The van der Waals surface area contributed by atoms with E-state index in [1.54, 1.807) is 6.08 Å². The van der Waals surface area contributed by atoms with Gasteiger partial charge in [-0.3, -0.25) is 9.35 Å². The molecule has 63 heavy (non-hydrogen) atoms. The minimum absolute atomic E-state index is 0.237. The summed E-state index contributed by atoms with van der Waals surface area (Å²) in [5, 5.41) is 55.3. The van der Waals surface area contributed by atoms with E-state index in [-0.39, 0.29) is 6.42 Å². The second-order valence-corrected chi connectivity index (χ2v) is 18.9. The maximum Gasteiger partial charge on any atom is 0.397 e. The molecule has 0 radical (unpaired) electrons. The molecule has 0 aromatic heterocycles. The first-order chi connectivity index (χ1) is 30.4. The van der Waals surface area contributed by atoms with Gasteiger partial charge in [-0.2, -0.15) is 8.42 Å². The summed E-state index contributed by atoms with van der Waals surface area (Å²) in [5.74, 6) is -0.706.